The molecule has 2 aromatic rings. The second-order valence-corrected chi connectivity index (χ2v) is 9.59. The van der Waals surface area contributed by atoms with Crippen LogP contribution in [0.25, 0.3) is 0 Å². The van der Waals surface area contributed by atoms with Crippen LogP contribution in [-0.4, -0.2) is 67.3 Å². The molecule has 0 bridgehead atoms. The largest absolute Gasteiger partial charge is 0.497 e. The van der Waals surface area contributed by atoms with Gasteiger partial charge in [-0.1, -0.05) is 0 Å². The zero-order valence-corrected chi connectivity index (χ0v) is 20.3. The molecule has 33 heavy (non-hydrogen) atoms. The first kappa shape index (κ1) is 23.4. The third-order valence-electron chi connectivity index (χ3n) is 6.88. The van der Waals surface area contributed by atoms with Crippen LogP contribution in [0.4, 0.5) is 0 Å². The van der Waals surface area contributed by atoms with E-state index in [1.807, 2.05) is 23.3 Å². The number of carbonyl (C=O) groups excluding carboxylic acids is 1. The first-order valence-corrected chi connectivity index (χ1v) is 12.4. The Balaban J connectivity index is 1.37. The number of nitrogens with zero attached hydrogens (tertiary/aromatic N) is 4. The third-order valence-corrected chi connectivity index (χ3v) is 7.58. The summed E-state index contributed by atoms with van der Waals surface area (Å²) in [6.07, 6.45) is 5.09. The predicted octanol–water partition coefficient (Wildman–Crippen LogP) is 3.82. The van der Waals surface area contributed by atoms with Crippen molar-refractivity contribution < 1.29 is 14.3 Å². The van der Waals surface area contributed by atoms with Gasteiger partial charge in [-0.05, 0) is 67.8 Å². The van der Waals surface area contributed by atoms with Crippen LogP contribution in [0.1, 0.15) is 40.9 Å². The van der Waals surface area contributed by atoms with E-state index in [2.05, 4.69) is 16.0 Å². The molecular formula is C25H30N4O3S. The highest BCUT2D eigenvalue weighted by Crippen LogP contribution is 2.41. The van der Waals surface area contributed by atoms with Crippen LogP contribution in [0.5, 0.6) is 11.5 Å². The van der Waals surface area contributed by atoms with E-state index in [0.717, 1.165) is 62.7 Å². The SMILES string of the molecule is COc1ccc(OC)c(C(=O)N2CCC3(CCN(Cc4ccc(C#N)c(SC)n4)C3)CC2)c1. The van der Waals surface area contributed by atoms with Gasteiger partial charge in [0.25, 0.3) is 5.91 Å². The minimum atomic E-state index is 0.00170. The molecule has 8 heteroatoms. The Bertz CT molecular complexity index is 1060. The number of hydrogen-bond donors (Lipinski definition) is 0. The summed E-state index contributed by atoms with van der Waals surface area (Å²) in [4.78, 5) is 22.3. The fraction of sp³-hybridized carbons (Fsp3) is 0.480. The van der Waals surface area contributed by atoms with Crippen LogP contribution in [0, 0.1) is 16.7 Å². The van der Waals surface area contributed by atoms with Crippen molar-refractivity contribution in [3.05, 3.63) is 47.2 Å². The van der Waals surface area contributed by atoms with Gasteiger partial charge in [-0.15, -0.1) is 11.8 Å². The highest BCUT2D eigenvalue weighted by molar-refractivity contribution is 7.98. The topological polar surface area (TPSA) is 78.7 Å². The fourth-order valence-electron chi connectivity index (χ4n) is 4.94. The number of piperidine rings is 1. The molecule has 7 nitrogen and oxygen atoms in total. The number of methoxy groups -OCH3 is 2. The Morgan fingerprint density at radius 2 is 1.91 bits per heavy atom. The van der Waals surface area contributed by atoms with Gasteiger partial charge in [0, 0.05) is 26.2 Å². The molecule has 0 radical (unpaired) electrons. The van der Waals surface area contributed by atoms with Crippen LogP contribution in [0.2, 0.25) is 0 Å². The van der Waals surface area contributed by atoms with Gasteiger partial charge in [0.1, 0.15) is 22.6 Å². The number of benzene rings is 1. The normalized spacial score (nSPS) is 17.7. The second kappa shape index (κ2) is 10.0. The van der Waals surface area contributed by atoms with Gasteiger partial charge in [-0.2, -0.15) is 5.26 Å². The molecule has 0 aliphatic carbocycles. The van der Waals surface area contributed by atoms with Crippen molar-refractivity contribution in [2.24, 2.45) is 5.41 Å². The first-order valence-electron chi connectivity index (χ1n) is 11.2. The Morgan fingerprint density at radius 1 is 1.15 bits per heavy atom. The molecule has 0 atom stereocenters. The molecule has 4 rings (SSSR count). The Labute approximate surface area is 199 Å². The van der Waals surface area contributed by atoms with Crippen LogP contribution >= 0.6 is 11.8 Å². The standard InChI is InChI=1S/C25H30N4O3S/c1-31-20-6-7-22(32-2)21(14-20)24(30)29-12-9-25(10-13-29)8-11-28(17-25)16-19-5-4-18(15-26)23(27-19)33-3/h4-7,14H,8-13,16-17H2,1-3H3. The average Bonchev–Trinajstić information content (AvgIpc) is 3.24. The van der Waals surface area contributed by atoms with Gasteiger partial charge in [0.15, 0.2) is 0 Å². The van der Waals surface area contributed by atoms with E-state index in [9.17, 15) is 10.1 Å². The van der Waals surface area contributed by atoms with E-state index >= 15 is 0 Å². The maximum absolute atomic E-state index is 13.2. The molecule has 174 valence electrons. The van der Waals surface area contributed by atoms with Crippen LogP contribution in [0.15, 0.2) is 35.4 Å². The number of nitriles is 1. The maximum Gasteiger partial charge on any atom is 0.257 e. The molecule has 0 N–H and O–H groups in total. The molecule has 2 fully saturated rings. The number of amides is 1. The minimum absolute atomic E-state index is 0.00170. The van der Waals surface area contributed by atoms with Gasteiger partial charge in [-0.25, -0.2) is 4.98 Å². The highest BCUT2D eigenvalue weighted by Gasteiger charge is 2.41. The molecule has 1 aromatic heterocycles. The molecule has 0 unspecified atom stereocenters. The van der Waals surface area contributed by atoms with Gasteiger partial charge in [0.05, 0.1) is 31.0 Å². The van der Waals surface area contributed by atoms with Crippen LogP contribution in [-0.2, 0) is 6.54 Å². The minimum Gasteiger partial charge on any atom is -0.497 e. The quantitative estimate of drug-likeness (QED) is 0.599. The molecule has 1 aromatic carbocycles. The van der Waals surface area contributed by atoms with Gasteiger partial charge < -0.3 is 14.4 Å². The summed E-state index contributed by atoms with van der Waals surface area (Å²) in [6.45, 7) is 4.35. The average molecular weight is 467 g/mol. The van der Waals surface area contributed by atoms with Crippen molar-refractivity contribution in [3.63, 3.8) is 0 Å². The van der Waals surface area contributed by atoms with Gasteiger partial charge in [0.2, 0.25) is 0 Å². The van der Waals surface area contributed by atoms with E-state index < -0.39 is 0 Å². The predicted molar refractivity (Wildman–Crippen MR) is 128 cm³/mol. The van der Waals surface area contributed by atoms with E-state index in [0.29, 0.717) is 22.6 Å². The summed E-state index contributed by atoms with van der Waals surface area (Å²) in [5.41, 5.74) is 2.45. The molecule has 2 aliphatic rings. The molecule has 1 amide bonds. The summed E-state index contributed by atoms with van der Waals surface area (Å²) < 4.78 is 10.7. The number of aromatic nitrogens is 1. The van der Waals surface area contributed by atoms with E-state index in [4.69, 9.17) is 9.47 Å². The van der Waals surface area contributed by atoms with Crippen LogP contribution < -0.4 is 9.47 Å². The van der Waals surface area contributed by atoms with Crippen molar-refractivity contribution in [3.8, 4) is 17.6 Å². The molecule has 3 heterocycles. The molecule has 2 aliphatic heterocycles. The van der Waals surface area contributed by atoms with Gasteiger partial charge >= 0.3 is 0 Å². The first-order chi connectivity index (χ1) is 16.0. The van der Waals surface area contributed by atoms with Crippen molar-refractivity contribution in [2.45, 2.75) is 30.8 Å². The number of hydrogen-bond acceptors (Lipinski definition) is 7. The number of likely N-dealkylation sites (tertiary alicyclic amines) is 2. The zero-order valence-electron chi connectivity index (χ0n) is 19.5. The molecular weight excluding hydrogens is 436 g/mol. The summed E-state index contributed by atoms with van der Waals surface area (Å²) in [6, 6.07) is 11.4. The number of thioether (sulfide) groups is 1. The summed E-state index contributed by atoms with van der Waals surface area (Å²) in [7, 11) is 3.18. The second-order valence-electron chi connectivity index (χ2n) is 8.79. The van der Waals surface area contributed by atoms with Gasteiger partial charge in [-0.3, -0.25) is 9.69 Å². The Kier molecular flexibility index (Phi) is 7.11. The fourth-order valence-corrected chi connectivity index (χ4v) is 5.49. The Morgan fingerprint density at radius 3 is 2.58 bits per heavy atom. The zero-order chi connectivity index (χ0) is 23.4. The van der Waals surface area contributed by atoms with Crippen molar-refractivity contribution >= 4 is 17.7 Å². The van der Waals surface area contributed by atoms with E-state index in [1.54, 1.807) is 32.4 Å². The highest BCUT2D eigenvalue weighted by atomic mass is 32.2. The lowest BCUT2D eigenvalue weighted by molar-refractivity contribution is 0.0584. The van der Waals surface area contributed by atoms with E-state index in [1.165, 1.54) is 11.8 Å². The van der Waals surface area contributed by atoms with Crippen molar-refractivity contribution in [1.82, 2.24) is 14.8 Å². The number of pyridine rings is 1. The number of carbonyl (C=O) groups is 1. The maximum atomic E-state index is 13.2. The lowest BCUT2D eigenvalue weighted by atomic mass is 9.77. The monoisotopic (exact) mass is 466 g/mol. The number of rotatable bonds is 6. The van der Waals surface area contributed by atoms with Crippen molar-refractivity contribution in [2.75, 3.05) is 46.7 Å². The third kappa shape index (κ3) is 4.94. The molecule has 2 saturated heterocycles. The Hall–Kier alpha value is -2.76. The molecule has 0 saturated carbocycles. The smallest absolute Gasteiger partial charge is 0.257 e. The molecule has 1 spiro atoms. The summed E-state index contributed by atoms with van der Waals surface area (Å²) >= 11 is 1.51. The van der Waals surface area contributed by atoms with Crippen LogP contribution in [0.3, 0.4) is 0 Å². The summed E-state index contributed by atoms with van der Waals surface area (Å²) in [5, 5.41) is 10.0. The number of ether oxygens (including phenoxy) is 2. The van der Waals surface area contributed by atoms with E-state index in [-0.39, 0.29) is 11.3 Å². The van der Waals surface area contributed by atoms with Crippen molar-refractivity contribution in [1.29, 1.82) is 5.26 Å². The lowest BCUT2D eigenvalue weighted by Gasteiger charge is -2.39. The lowest BCUT2D eigenvalue weighted by Crippen LogP contribution is -2.44. The summed E-state index contributed by atoms with van der Waals surface area (Å²) in [5.74, 6) is 1.23.